The Morgan fingerprint density at radius 3 is 2.24 bits per heavy atom. The highest BCUT2D eigenvalue weighted by molar-refractivity contribution is 7.89. The molecule has 7 nitrogen and oxygen atoms in total. The van der Waals surface area contributed by atoms with Crippen molar-refractivity contribution in [1.82, 2.24) is 9.62 Å². The lowest BCUT2D eigenvalue weighted by Gasteiger charge is -2.38. The van der Waals surface area contributed by atoms with Gasteiger partial charge >= 0.3 is 0 Å². The zero-order valence-electron chi connectivity index (χ0n) is 19.2. The minimum atomic E-state index is -3.67. The van der Waals surface area contributed by atoms with Gasteiger partial charge in [0.05, 0.1) is 25.2 Å². The summed E-state index contributed by atoms with van der Waals surface area (Å²) in [6.07, 6.45) is 0.721. The Balaban J connectivity index is 1.58. The molecule has 0 aliphatic carbocycles. The third-order valence-electron chi connectivity index (χ3n) is 5.99. The molecule has 1 aliphatic rings. The van der Waals surface area contributed by atoms with Crippen molar-refractivity contribution in [2.24, 2.45) is 0 Å². The molecule has 0 spiro atoms. The van der Waals surface area contributed by atoms with Crippen LogP contribution in [0, 0.1) is 0 Å². The fraction of sp³-hybridized carbons (Fsp3) is 0.269. The maximum atomic E-state index is 13.3. The molecule has 8 heteroatoms. The number of amides is 1. The van der Waals surface area contributed by atoms with Crippen molar-refractivity contribution < 1.29 is 22.7 Å². The summed E-state index contributed by atoms with van der Waals surface area (Å²) in [6.45, 7) is 0.541. The van der Waals surface area contributed by atoms with Crippen LogP contribution in [0.5, 0.6) is 11.5 Å². The summed E-state index contributed by atoms with van der Waals surface area (Å²) in [6, 6.07) is 21.6. The Bertz CT molecular complexity index is 1250. The molecule has 0 saturated carbocycles. The normalized spacial score (nSPS) is 15.5. The van der Waals surface area contributed by atoms with Crippen LogP contribution in [0.1, 0.15) is 29.2 Å². The Hall–Kier alpha value is -3.36. The van der Waals surface area contributed by atoms with Gasteiger partial charge in [0.2, 0.25) is 15.9 Å². The van der Waals surface area contributed by atoms with Gasteiger partial charge in [-0.1, -0.05) is 48.5 Å². The predicted octanol–water partition coefficient (Wildman–Crippen LogP) is 3.55. The lowest BCUT2D eigenvalue weighted by Crippen LogP contribution is -2.42. The standard InChI is InChI=1S/C26H28N2O5S/c1-32-23-17-20-14-16-28(25(29)13-15-27-34(30,31)21-11-7-4-8-12-21)26(19-9-5-3-6-10-19)22(20)18-24(23)33-2/h3-12,17-18,26-27H,13-16H2,1-2H3. The Morgan fingerprint density at radius 1 is 0.971 bits per heavy atom. The number of nitrogens with zero attached hydrogens (tertiary/aromatic N) is 1. The molecule has 34 heavy (non-hydrogen) atoms. The molecule has 1 unspecified atom stereocenters. The first kappa shape index (κ1) is 23.8. The van der Waals surface area contributed by atoms with Gasteiger partial charge < -0.3 is 14.4 Å². The molecule has 1 heterocycles. The number of nitrogens with one attached hydrogen (secondary N) is 1. The summed E-state index contributed by atoms with van der Waals surface area (Å²) in [4.78, 5) is 15.3. The molecule has 1 amide bonds. The summed E-state index contributed by atoms with van der Waals surface area (Å²) in [5.41, 5.74) is 3.06. The molecule has 178 valence electrons. The van der Waals surface area contributed by atoms with Gasteiger partial charge in [-0.05, 0) is 47.4 Å². The minimum absolute atomic E-state index is 0.0207. The largest absolute Gasteiger partial charge is 0.493 e. The monoisotopic (exact) mass is 480 g/mol. The van der Waals surface area contributed by atoms with E-state index in [1.165, 1.54) is 12.1 Å². The van der Waals surface area contributed by atoms with Crippen molar-refractivity contribution in [3.05, 3.63) is 89.5 Å². The van der Waals surface area contributed by atoms with E-state index in [4.69, 9.17) is 9.47 Å². The number of fused-ring (bicyclic) bond motifs is 1. The Labute approximate surface area is 200 Å². The van der Waals surface area contributed by atoms with E-state index in [0.717, 1.165) is 16.7 Å². The van der Waals surface area contributed by atoms with Gasteiger partial charge in [0.1, 0.15) is 0 Å². The summed E-state index contributed by atoms with van der Waals surface area (Å²) < 4.78 is 38.5. The third-order valence-corrected chi connectivity index (χ3v) is 7.47. The summed E-state index contributed by atoms with van der Waals surface area (Å²) in [7, 11) is -0.474. The van der Waals surface area contributed by atoms with Gasteiger partial charge in [0.15, 0.2) is 11.5 Å². The molecule has 1 N–H and O–H groups in total. The molecular weight excluding hydrogens is 452 g/mol. The van der Waals surface area contributed by atoms with Gasteiger partial charge in [-0.3, -0.25) is 4.79 Å². The molecule has 0 aromatic heterocycles. The molecule has 1 atom stereocenters. The summed E-state index contributed by atoms with van der Waals surface area (Å²) >= 11 is 0. The highest BCUT2D eigenvalue weighted by atomic mass is 32.2. The van der Waals surface area contributed by atoms with Crippen LogP contribution in [0.4, 0.5) is 0 Å². The number of carbonyl (C=O) groups is 1. The fourth-order valence-electron chi connectivity index (χ4n) is 4.33. The van der Waals surface area contributed by atoms with E-state index in [2.05, 4.69) is 4.72 Å². The van der Waals surface area contributed by atoms with Crippen molar-refractivity contribution in [2.75, 3.05) is 27.3 Å². The number of hydrogen-bond donors (Lipinski definition) is 1. The topological polar surface area (TPSA) is 84.9 Å². The van der Waals surface area contributed by atoms with Gasteiger partial charge in [0, 0.05) is 19.5 Å². The minimum Gasteiger partial charge on any atom is -0.493 e. The van der Waals surface area contributed by atoms with Gasteiger partial charge in [-0.15, -0.1) is 0 Å². The zero-order chi connectivity index (χ0) is 24.1. The van der Waals surface area contributed by atoms with Crippen LogP contribution in [0.15, 0.2) is 77.7 Å². The zero-order valence-corrected chi connectivity index (χ0v) is 20.0. The van der Waals surface area contributed by atoms with Crippen molar-refractivity contribution >= 4 is 15.9 Å². The predicted molar refractivity (Wildman–Crippen MR) is 129 cm³/mol. The fourth-order valence-corrected chi connectivity index (χ4v) is 5.38. The van der Waals surface area contributed by atoms with Gasteiger partial charge in [-0.2, -0.15) is 0 Å². The third kappa shape index (κ3) is 4.93. The maximum Gasteiger partial charge on any atom is 0.240 e. The Kier molecular flexibility index (Phi) is 7.19. The van der Waals surface area contributed by atoms with Crippen molar-refractivity contribution in [3.63, 3.8) is 0 Å². The molecule has 3 aromatic carbocycles. The average molecular weight is 481 g/mol. The van der Waals surface area contributed by atoms with Crippen LogP contribution in [0.2, 0.25) is 0 Å². The average Bonchev–Trinajstić information content (AvgIpc) is 2.87. The number of hydrogen-bond acceptors (Lipinski definition) is 5. The van der Waals surface area contributed by atoms with Crippen LogP contribution < -0.4 is 14.2 Å². The van der Waals surface area contributed by atoms with E-state index < -0.39 is 10.0 Å². The molecule has 4 rings (SSSR count). The van der Waals surface area contributed by atoms with Crippen molar-refractivity contribution in [3.8, 4) is 11.5 Å². The molecule has 3 aromatic rings. The highest BCUT2D eigenvalue weighted by Gasteiger charge is 2.33. The first-order chi connectivity index (χ1) is 16.4. The van der Waals surface area contributed by atoms with Crippen LogP contribution in [0.25, 0.3) is 0 Å². The van der Waals surface area contributed by atoms with Gasteiger partial charge in [0.25, 0.3) is 0 Å². The molecular formula is C26H28N2O5S. The van der Waals surface area contributed by atoms with Crippen LogP contribution >= 0.6 is 0 Å². The highest BCUT2D eigenvalue weighted by Crippen LogP contribution is 2.41. The van der Waals surface area contributed by atoms with E-state index in [9.17, 15) is 13.2 Å². The van der Waals surface area contributed by atoms with E-state index in [1.54, 1.807) is 32.4 Å². The SMILES string of the molecule is COc1cc2c(cc1OC)C(c1ccccc1)N(C(=O)CCNS(=O)(=O)c1ccccc1)CC2. The first-order valence-corrected chi connectivity index (χ1v) is 12.6. The van der Waals surface area contributed by atoms with Crippen LogP contribution in [0.3, 0.4) is 0 Å². The van der Waals surface area contributed by atoms with Crippen molar-refractivity contribution in [1.29, 1.82) is 0 Å². The number of benzene rings is 3. The lowest BCUT2D eigenvalue weighted by atomic mass is 9.87. The number of ether oxygens (including phenoxy) is 2. The van der Waals surface area contributed by atoms with E-state index in [1.807, 2.05) is 47.4 Å². The van der Waals surface area contributed by atoms with E-state index in [0.29, 0.717) is 24.5 Å². The molecule has 0 fully saturated rings. The van der Waals surface area contributed by atoms with E-state index in [-0.39, 0.29) is 29.8 Å². The molecule has 0 bridgehead atoms. The number of rotatable bonds is 8. The van der Waals surface area contributed by atoms with E-state index >= 15 is 0 Å². The first-order valence-electron chi connectivity index (χ1n) is 11.1. The second-order valence-electron chi connectivity index (χ2n) is 8.02. The second-order valence-corrected chi connectivity index (χ2v) is 9.78. The number of sulfonamides is 1. The van der Waals surface area contributed by atoms with Gasteiger partial charge in [-0.25, -0.2) is 13.1 Å². The second kappa shape index (κ2) is 10.3. The lowest BCUT2D eigenvalue weighted by molar-refractivity contribution is -0.133. The quantitative estimate of drug-likeness (QED) is 0.533. The smallest absolute Gasteiger partial charge is 0.240 e. The Morgan fingerprint density at radius 2 is 1.59 bits per heavy atom. The molecule has 0 saturated heterocycles. The van der Waals surface area contributed by atoms with Crippen LogP contribution in [-0.2, 0) is 21.2 Å². The number of carbonyl (C=O) groups excluding carboxylic acids is 1. The van der Waals surface area contributed by atoms with Crippen LogP contribution in [-0.4, -0.2) is 46.5 Å². The summed E-state index contributed by atoms with van der Waals surface area (Å²) in [5.74, 6) is 1.14. The summed E-state index contributed by atoms with van der Waals surface area (Å²) in [5, 5.41) is 0. The van der Waals surface area contributed by atoms with Crippen molar-refractivity contribution in [2.45, 2.75) is 23.8 Å². The maximum absolute atomic E-state index is 13.3. The molecule has 0 radical (unpaired) electrons. The number of methoxy groups -OCH3 is 2. The molecule has 1 aliphatic heterocycles.